The number of rotatable bonds is 5. The molecule has 7 heteroatoms. The topological polar surface area (TPSA) is 54.8 Å². The molecule has 6 rings (SSSR count). The minimum absolute atomic E-state index is 0.132. The van der Waals surface area contributed by atoms with E-state index in [1.807, 2.05) is 29.2 Å². The van der Waals surface area contributed by atoms with Gasteiger partial charge in [0.25, 0.3) is 0 Å². The predicted molar refractivity (Wildman–Crippen MR) is 121 cm³/mol. The molecule has 2 unspecified atom stereocenters. The second kappa shape index (κ2) is 7.99. The molecule has 0 spiro atoms. The molecule has 1 saturated carbocycles. The highest BCUT2D eigenvalue weighted by Gasteiger charge is 2.41. The van der Waals surface area contributed by atoms with Gasteiger partial charge in [0.1, 0.15) is 0 Å². The van der Waals surface area contributed by atoms with Crippen LogP contribution >= 0.6 is 0 Å². The molecular weight excluding hydrogens is 420 g/mol. The van der Waals surface area contributed by atoms with Crippen LogP contribution in [0.3, 0.4) is 0 Å². The van der Waals surface area contributed by atoms with E-state index in [1.54, 1.807) is 30.9 Å². The monoisotopic (exact) mass is 441 g/mol. The zero-order chi connectivity index (χ0) is 22.4. The van der Waals surface area contributed by atoms with Gasteiger partial charge in [0.2, 0.25) is 0 Å². The number of anilines is 1. The van der Waals surface area contributed by atoms with Crippen molar-refractivity contribution in [3.8, 4) is 11.6 Å². The van der Waals surface area contributed by atoms with Crippen molar-refractivity contribution in [2.24, 2.45) is 0 Å². The standard InChI is InChI=1S/C26H21F2N5/c27-22-9-17(10-23(24(22)28)33-14-19(15-33)16-5-2-1-3-6-16)20-11-21(20)18-12-31-26(32-13-18)25-29-7-4-8-30-25/h1-10,12-13,19-21H,11,14-15H2. The van der Waals surface area contributed by atoms with E-state index < -0.39 is 11.6 Å². The molecule has 1 aliphatic carbocycles. The molecule has 33 heavy (non-hydrogen) atoms. The average molecular weight is 441 g/mol. The molecular formula is C26H21F2N5. The lowest BCUT2D eigenvalue weighted by atomic mass is 9.90. The fourth-order valence-corrected chi connectivity index (χ4v) is 4.64. The third-order valence-corrected chi connectivity index (χ3v) is 6.61. The molecule has 0 radical (unpaired) electrons. The smallest absolute Gasteiger partial charge is 0.197 e. The van der Waals surface area contributed by atoms with Gasteiger partial charge in [-0.25, -0.2) is 28.7 Å². The summed E-state index contributed by atoms with van der Waals surface area (Å²) in [5.41, 5.74) is 3.40. The Bertz CT molecular complexity index is 1280. The summed E-state index contributed by atoms with van der Waals surface area (Å²) in [7, 11) is 0. The third-order valence-electron chi connectivity index (χ3n) is 6.61. The van der Waals surface area contributed by atoms with Gasteiger partial charge in [0.05, 0.1) is 5.69 Å². The van der Waals surface area contributed by atoms with Gasteiger partial charge in [-0.3, -0.25) is 0 Å². The summed E-state index contributed by atoms with van der Waals surface area (Å²) in [4.78, 5) is 19.1. The number of hydrogen-bond acceptors (Lipinski definition) is 5. The van der Waals surface area contributed by atoms with Crippen molar-refractivity contribution in [3.63, 3.8) is 0 Å². The SMILES string of the molecule is Fc1cc(C2CC2c2cnc(-c3ncccn3)nc2)cc(N2CC(c3ccccc3)C2)c1F. The summed E-state index contributed by atoms with van der Waals surface area (Å²) in [6.45, 7) is 1.38. The Kier molecular flexibility index (Phi) is 4.82. The molecule has 1 aliphatic heterocycles. The number of nitrogens with zero attached hydrogens (tertiary/aromatic N) is 5. The molecule has 0 N–H and O–H groups in total. The average Bonchev–Trinajstić information content (AvgIpc) is 3.63. The molecule has 4 aromatic rings. The van der Waals surface area contributed by atoms with Crippen molar-refractivity contribution in [2.75, 3.05) is 18.0 Å². The summed E-state index contributed by atoms with van der Waals surface area (Å²) in [5.74, 6) is 0.0641. The molecule has 2 aromatic carbocycles. The number of hydrogen-bond donors (Lipinski definition) is 0. The van der Waals surface area contributed by atoms with Crippen molar-refractivity contribution in [3.05, 3.63) is 102 Å². The minimum Gasteiger partial charge on any atom is -0.368 e. The van der Waals surface area contributed by atoms with Gasteiger partial charge in [-0.05, 0) is 53.1 Å². The molecule has 3 heterocycles. The van der Waals surface area contributed by atoms with Gasteiger partial charge in [-0.1, -0.05) is 30.3 Å². The Morgan fingerprint density at radius 1 is 0.727 bits per heavy atom. The van der Waals surface area contributed by atoms with Gasteiger partial charge in [0, 0.05) is 43.8 Å². The molecule has 2 fully saturated rings. The first kappa shape index (κ1) is 19.9. The maximum Gasteiger partial charge on any atom is 0.197 e. The Morgan fingerprint density at radius 2 is 1.39 bits per heavy atom. The Labute approximate surface area is 190 Å². The molecule has 0 amide bonds. The second-order valence-corrected chi connectivity index (χ2v) is 8.71. The first-order valence-corrected chi connectivity index (χ1v) is 11.1. The molecule has 0 bridgehead atoms. The van der Waals surface area contributed by atoms with Crippen LogP contribution in [-0.2, 0) is 0 Å². The van der Waals surface area contributed by atoms with Crippen molar-refractivity contribution in [1.82, 2.24) is 19.9 Å². The maximum absolute atomic E-state index is 14.6. The van der Waals surface area contributed by atoms with Crippen LogP contribution in [0, 0.1) is 11.6 Å². The molecule has 2 aromatic heterocycles. The van der Waals surface area contributed by atoms with Crippen molar-refractivity contribution >= 4 is 5.69 Å². The van der Waals surface area contributed by atoms with Gasteiger partial charge >= 0.3 is 0 Å². The number of benzene rings is 2. The van der Waals surface area contributed by atoms with Gasteiger partial charge in [-0.15, -0.1) is 0 Å². The zero-order valence-electron chi connectivity index (χ0n) is 17.8. The summed E-state index contributed by atoms with van der Waals surface area (Å²) in [6.07, 6.45) is 7.73. The lowest BCUT2D eigenvalue weighted by molar-refractivity contribution is 0.477. The van der Waals surface area contributed by atoms with Crippen LogP contribution in [-0.4, -0.2) is 33.0 Å². The summed E-state index contributed by atoms with van der Waals surface area (Å²) in [6, 6.07) is 15.1. The van der Waals surface area contributed by atoms with Gasteiger partial charge in [-0.2, -0.15) is 0 Å². The minimum atomic E-state index is -0.788. The van der Waals surface area contributed by atoms with Crippen LogP contribution in [0.4, 0.5) is 14.5 Å². The van der Waals surface area contributed by atoms with Crippen LogP contribution in [0.25, 0.3) is 11.6 Å². The highest BCUT2D eigenvalue weighted by atomic mass is 19.2. The summed E-state index contributed by atoms with van der Waals surface area (Å²) >= 11 is 0. The maximum atomic E-state index is 14.6. The lowest BCUT2D eigenvalue weighted by Crippen LogP contribution is -2.45. The van der Waals surface area contributed by atoms with Gasteiger partial charge < -0.3 is 4.90 Å². The largest absolute Gasteiger partial charge is 0.368 e. The van der Waals surface area contributed by atoms with E-state index >= 15 is 0 Å². The van der Waals surface area contributed by atoms with E-state index in [1.165, 1.54) is 11.6 Å². The van der Waals surface area contributed by atoms with Crippen LogP contribution in [0.5, 0.6) is 0 Å². The van der Waals surface area contributed by atoms with E-state index in [0.717, 1.165) is 17.5 Å². The van der Waals surface area contributed by atoms with Crippen LogP contribution in [0.2, 0.25) is 0 Å². The second-order valence-electron chi connectivity index (χ2n) is 8.71. The van der Waals surface area contributed by atoms with Crippen molar-refractivity contribution < 1.29 is 8.78 Å². The van der Waals surface area contributed by atoms with Crippen LogP contribution in [0.15, 0.2) is 73.3 Å². The summed E-state index contributed by atoms with van der Waals surface area (Å²) < 4.78 is 29.1. The third kappa shape index (κ3) is 3.73. The summed E-state index contributed by atoms with van der Waals surface area (Å²) in [5, 5.41) is 0. The van der Waals surface area contributed by atoms with Crippen molar-refractivity contribution in [2.45, 2.75) is 24.2 Å². The normalized spacial score (nSPS) is 19.9. The molecule has 1 saturated heterocycles. The Hall–Kier alpha value is -3.74. The molecule has 2 atom stereocenters. The quantitative estimate of drug-likeness (QED) is 0.432. The fourth-order valence-electron chi connectivity index (χ4n) is 4.64. The predicted octanol–water partition coefficient (Wildman–Crippen LogP) is 5.09. The lowest BCUT2D eigenvalue weighted by Gasteiger charge is -2.41. The Morgan fingerprint density at radius 3 is 2.12 bits per heavy atom. The number of aromatic nitrogens is 4. The van der Waals surface area contributed by atoms with E-state index in [9.17, 15) is 8.78 Å². The van der Waals surface area contributed by atoms with Crippen molar-refractivity contribution in [1.29, 1.82) is 0 Å². The molecule has 164 valence electrons. The molecule has 5 nitrogen and oxygen atoms in total. The fraction of sp³-hybridized carbons (Fsp3) is 0.231. The first-order valence-electron chi connectivity index (χ1n) is 11.1. The highest BCUT2D eigenvalue weighted by molar-refractivity contribution is 5.56. The van der Waals surface area contributed by atoms with Gasteiger partial charge in [0.15, 0.2) is 23.3 Å². The van der Waals surface area contributed by atoms with E-state index in [-0.39, 0.29) is 11.8 Å². The zero-order valence-corrected chi connectivity index (χ0v) is 17.8. The first-order chi connectivity index (χ1) is 16.2. The van der Waals surface area contributed by atoms with E-state index in [2.05, 4.69) is 32.1 Å². The highest BCUT2D eigenvalue weighted by Crippen LogP contribution is 2.55. The van der Waals surface area contributed by atoms with Crippen LogP contribution in [0.1, 0.15) is 40.9 Å². The number of halogens is 2. The van der Waals surface area contributed by atoms with Crippen LogP contribution < -0.4 is 4.90 Å². The molecule has 2 aliphatic rings. The van der Waals surface area contributed by atoms with E-state index in [4.69, 9.17) is 0 Å². The Balaban J connectivity index is 1.18. The van der Waals surface area contributed by atoms with E-state index in [0.29, 0.717) is 36.3 Å².